The quantitative estimate of drug-likeness (QED) is 0.876. The highest BCUT2D eigenvalue weighted by Crippen LogP contribution is 2.19. The summed E-state index contributed by atoms with van der Waals surface area (Å²) in [7, 11) is 0. The lowest BCUT2D eigenvalue weighted by Gasteiger charge is -2.24. The highest BCUT2D eigenvalue weighted by molar-refractivity contribution is 5.79. The topological polar surface area (TPSA) is 50.4 Å². The number of hydrogen-bond acceptors (Lipinski definition) is 3. The molecule has 21 heavy (non-hydrogen) atoms. The van der Waals surface area contributed by atoms with E-state index in [0.29, 0.717) is 0 Å². The number of rotatable bonds is 5. The molecule has 1 fully saturated rings. The summed E-state index contributed by atoms with van der Waals surface area (Å²) in [6.45, 7) is 7.85. The van der Waals surface area contributed by atoms with Crippen LogP contribution in [-0.4, -0.2) is 25.1 Å². The van der Waals surface area contributed by atoms with E-state index < -0.39 is 0 Å². The Morgan fingerprint density at radius 1 is 1.29 bits per heavy atom. The summed E-state index contributed by atoms with van der Waals surface area (Å²) in [5.74, 6) is 1.12. The minimum absolute atomic E-state index is 0.0209. The fourth-order valence-corrected chi connectivity index (χ4v) is 2.60. The average molecular weight is 290 g/mol. The number of ether oxygens (including phenoxy) is 1. The minimum Gasteiger partial charge on any atom is -0.491 e. The number of hydrogen-bond donors (Lipinski definition) is 2. The molecule has 1 aromatic carbocycles. The van der Waals surface area contributed by atoms with Gasteiger partial charge in [0.2, 0.25) is 5.91 Å². The molecule has 0 saturated carbocycles. The normalized spacial score (nSPS) is 20.1. The summed E-state index contributed by atoms with van der Waals surface area (Å²) in [6.07, 6.45) is 2.23. The van der Waals surface area contributed by atoms with Crippen molar-refractivity contribution in [3.05, 3.63) is 29.8 Å². The number of carbonyl (C=O) groups is 1. The van der Waals surface area contributed by atoms with E-state index in [9.17, 15) is 4.79 Å². The van der Waals surface area contributed by atoms with Crippen LogP contribution in [0.5, 0.6) is 5.75 Å². The summed E-state index contributed by atoms with van der Waals surface area (Å²) in [5.41, 5.74) is 1.10. The Morgan fingerprint density at radius 3 is 2.57 bits per heavy atom. The van der Waals surface area contributed by atoms with Gasteiger partial charge in [-0.3, -0.25) is 4.79 Å². The summed E-state index contributed by atoms with van der Waals surface area (Å²) in [5, 5.41) is 6.38. The van der Waals surface area contributed by atoms with Gasteiger partial charge < -0.3 is 15.4 Å². The molecule has 0 bridgehead atoms. The molecule has 2 unspecified atom stereocenters. The Balaban J connectivity index is 1.90. The third-order valence-corrected chi connectivity index (χ3v) is 3.78. The third-order valence-electron chi connectivity index (χ3n) is 3.78. The Labute approximate surface area is 127 Å². The van der Waals surface area contributed by atoms with Gasteiger partial charge >= 0.3 is 0 Å². The predicted molar refractivity (Wildman–Crippen MR) is 84.4 cm³/mol. The molecular weight excluding hydrogens is 264 g/mol. The van der Waals surface area contributed by atoms with E-state index in [1.807, 2.05) is 45.0 Å². The van der Waals surface area contributed by atoms with Crippen LogP contribution >= 0.6 is 0 Å². The highest BCUT2D eigenvalue weighted by atomic mass is 16.5. The molecule has 2 rings (SSSR count). The summed E-state index contributed by atoms with van der Waals surface area (Å²) in [6, 6.07) is 7.97. The van der Waals surface area contributed by atoms with Gasteiger partial charge in [0.25, 0.3) is 0 Å². The Hall–Kier alpha value is -1.55. The Bertz CT molecular complexity index is 450. The lowest BCUT2D eigenvalue weighted by atomic mass is 9.98. The van der Waals surface area contributed by atoms with E-state index in [-0.39, 0.29) is 24.0 Å². The zero-order chi connectivity index (χ0) is 15.2. The van der Waals surface area contributed by atoms with E-state index in [1.165, 1.54) is 0 Å². The fraction of sp³-hybridized carbons (Fsp3) is 0.588. The van der Waals surface area contributed by atoms with Crippen molar-refractivity contribution in [2.24, 2.45) is 5.92 Å². The van der Waals surface area contributed by atoms with Crippen molar-refractivity contribution in [1.82, 2.24) is 10.6 Å². The van der Waals surface area contributed by atoms with E-state index in [0.717, 1.165) is 37.2 Å². The van der Waals surface area contributed by atoms with Gasteiger partial charge in [-0.25, -0.2) is 0 Å². The summed E-state index contributed by atoms with van der Waals surface area (Å²) >= 11 is 0. The molecule has 0 aromatic heterocycles. The van der Waals surface area contributed by atoms with E-state index in [4.69, 9.17) is 4.74 Å². The molecule has 1 aliphatic heterocycles. The standard InChI is InChI=1S/C17H26N2O2/c1-12(2)21-16-8-6-14(7-9-16)13(3)19-17(20)15-5-4-10-18-11-15/h6-9,12-13,15,18H,4-5,10-11H2,1-3H3,(H,19,20). The lowest BCUT2D eigenvalue weighted by molar-refractivity contribution is -0.126. The zero-order valence-electron chi connectivity index (χ0n) is 13.2. The van der Waals surface area contributed by atoms with Crippen molar-refractivity contribution in [1.29, 1.82) is 0 Å². The Morgan fingerprint density at radius 2 is 2.00 bits per heavy atom. The van der Waals surface area contributed by atoms with Gasteiger partial charge in [-0.05, 0) is 57.9 Å². The van der Waals surface area contributed by atoms with Crippen molar-refractivity contribution < 1.29 is 9.53 Å². The number of carbonyl (C=O) groups excluding carboxylic acids is 1. The molecule has 1 saturated heterocycles. The molecule has 0 radical (unpaired) electrons. The van der Waals surface area contributed by atoms with Gasteiger partial charge in [0, 0.05) is 6.54 Å². The fourth-order valence-electron chi connectivity index (χ4n) is 2.60. The second kappa shape index (κ2) is 7.46. The van der Waals surface area contributed by atoms with Crippen molar-refractivity contribution in [3.8, 4) is 5.75 Å². The largest absolute Gasteiger partial charge is 0.491 e. The first kappa shape index (κ1) is 15.8. The Kier molecular flexibility index (Phi) is 5.62. The van der Waals surface area contributed by atoms with Gasteiger partial charge in [0.1, 0.15) is 5.75 Å². The van der Waals surface area contributed by atoms with Crippen molar-refractivity contribution in [2.45, 2.75) is 45.8 Å². The van der Waals surface area contributed by atoms with Crippen LogP contribution in [0.15, 0.2) is 24.3 Å². The van der Waals surface area contributed by atoms with Gasteiger partial charge in [-0.15, -0.1) is 0 Å². The van der Waals surface area contributed by atoms with Gasteiger partial charge in [0.15, 0.2) is 0 Å². The smallest absolute Gasteiger partial charge is 0.224 e. The molecule has 4 nitrogen and oxygen atoms in total. The third kappa shape index (κ3) is 4.74. The van der Waals surface area contributed by atoms with Gasteiger partial charge in [-0.1, -0.05) is 12.1 Å². The second-order valence-corrected chi connectivity index (χ2v) is 6.01. The van der Waals surface area contributed by atoms with Crippen LogP contribution < -0.4 is 15.4 Å². The summed E-state index contributed by atoms with van der Waals surface area (Å²) in [4.78, 5) is 12.2. The van der Waals surface area contributed by atoms with Crippen LogP contribution in [0.25, 0.3) is 0 Å². The van der Waals surface area contributed by atoms with Crippen LogP contribution in [0.1, 0.15) is 45.2 Å². The van der Waals surface area contributed by atoms with Crippen LogP contribution in [0.3, 0.4) is 0 Å². The molecule has 0 spiro atoms. The highest BCUT2D eigenvalue weighted by Gasteiger charge is 2.22. The molecule has 1 aromatic rings. The van der Waals surface area contributed by atoms with Crippen molar-refractivity contribution >= 4 is 5.91 Å². The first-order valence-corrected chi connectivity index (χ1v) is 7.84. The molecule has 116 valence electrons. The molecule has 4 heteroatoms. The van der Waals surface area contributed by atoms with E-state index in [2.05, 4.69) is 10.6 Å². The maximum absolute atomic E-state index is 12.2. The molecule has 0 aliphatic carbocycles. The van der Waals surface area contributed by atoms with Crippen molar-refractivity contribution in [2.75, 3.05) is 13.1 Å². The SMILES string of the molecule is CC(C)Oc1ccc(C(C)NC(=O)C2CCCNC2)cc1. The number of benzene rings is 1. The first-order valence-electron chi connectivity index (χ1n) is 7.84. The average Bonchev–Trinajstić information content (AvgIpc) is 2.48. The molecule has 2 atom stereocenters. The first-order chi connectivity index (χ1) is 10.1. The summed E-state index contributed by atoms with van der Waals surface area (Å²) < 4.78 is 5.63. The minimum atomic E-state index is 0.0209. The monoisotopic (exact) mass is 290 g/mol. The molecule has 1 aliphatic rings. The number of piperidine rings is 1. The van der Waals surface area contributed by atoms with Gasteiger partial charge in [-0.2, -0.15) is 0 Å². The molecule has 1 heterocycles. The predicted octanol–water partition coefficient (Wildman–Crippen LogP) is 2.65. The van der Waals surface area contributed by atoms with Crippen LogP contribution in [0.4, 0.5) is 0 Å². The van der Waals surface area contributed by atoms with Crippen LogP contribution in [0, 0.1) is 5.92 Å². The number of nitrogens with one attached hydrogen (secondary N) is 2. The maximum Gasteiger partial charge on any atom is 0.224 e. The maximum atomic E-state index is 12.2. The molecule has 2 N–H and O–H groups in total. The van der Waals surface area contributed by atoms with Crippen LogP contribution in [-0.2, 0) is 4.79 Å². The van der Waals surface area contributed by atoms with Gasteiger partial charge in [0.05, 0.1) is 18.1 Å². The molecular formula is C17H26N2O2. The lowest BCUT2D eigenvalue weighted by Crippen LogP contribution is -2.41. The number of amides is 1. The van der Waals surface area contributed by atoms with Crippen LogP contribution in [0.2, 0.25) is 0 Å². The van der Waals surface area contributed by atoms with E-state index >= 15 is 0 Å². The molecule has 1 amide bonds. The zero-order valence-corrected chi connectivity index (χ0v) is 13.2. The second-order valence-electron chi connectivity index (χ2n) is 6.01. The van der Waals surface area contributed by atoms with Crippen molar-refractivity contribution in [3.63, 3.8) is 0 Å². The van der Waals surface area contributed by atoms with E-state index in [1.54, 1.807) is 0 Å².